The van der Waals surface area contributed by atoms with Crippen LogP contribution >= 0.6 is 15.9 Å². The second-order valence-corrected chi connectivity index (χ2v) is 9.07. The molecule has 8 heteroatoms. The summed E-state index contributed by atoms with van der Waals surface area (Å²) in [5, 5.41) is 3.10. The summed E-state index contributed by atoms with van der Waals surface area (Å²) in [6.07, 6.45) is 4.22. The molecule has 3 rings (SSSR count). The van der Waals surface area contributed by atoms with E-state index in [2.05, 4.69) is 21.2 Å². The van der Waals surface area contributed by atoms with E-state index < -0.39 is 6.04 Å². The van der Waals surface area contributed by atoms with E-state index in [4.69, 9.17) is 14.2 Å². The first-order valence-electron chi connectivity index (χ1n) is 11.1. The summed E-state index contributed by atoms with van der Waals surface area (Å²) in [5.41, 5.74) is 0.926. The molecule has 1 aliphatic carbocycles. The van der Waals surface area contributed by atoms with Crippen LogP contribution in [0.1, 0.15) is 38.2 Å². The summed E-state index contributed by atoms with van der Waals surface area (Å²) in [6.45, 7) is 1.85. The molecule has 0 heterocycles. The number of amides is 2. The number of nitrogens with one attached hydrogen (secondary N) is 1. The lowest BCUT2D eigenvalue weighted by molar-refractivity contribution is -0.142. The third-order valence-corrected chi connectivity index (χ3v) is 6.35. The van der Waals surface area contributed by atoms with Crippen LogP contribution in [0.4, 0.5) is 0 Å². The number of benzene rings is 2. The molecular weight excluding hydrogens is 488 g/mol. The van der Waals surface area contributed by atoms with Crippen LogP contribution in [0.5, 0.6) is 17.2 Å². The Morgan fingerprint density at radius 2 is 1.61 bits per heavy atom. The van der Waals surface area contributed by atoms with Gasteiger partial charge in [-0.25, -0.2) is 0 Å². The van der Waals surface area contributed by atoms with Gasteiger partial charge in [0.15, 0.2) is 6.61 Å². The summed E-state index contributed by atoms with van der Waals surface area (Å²) in [5.74, 6) is 1.15. The molecule has 0 spiro atoms. The fourth-order valence-corrected chi connectivity index (χ4v) is 4.12. The molecule has 1 atom stereocenters. The average Bonchev–Trinajstić information content (AvgIpc) is 3.34. The highest BCUT2D eigenvalue weighted by Crippen LogP contribution is 2.27. The van der Waals surface area contributed by atoms with Crippen molar-refractivity contribution in [1.82, 2.24) is 10.2 Å². The van der Waals surface area contributed by atoms with Crippen LogP contribution in [0.15, 0.2) is 46.9 Å². The Morgan fingerprint density at radius 3 is 2.18 bits per heavy atom. The first-order chi connectivity index (χ1) is 15.9. The number of carbonyl (C=O) groups excluding carboxylic acids is 2. The monoisotopic (exact) mass is 518 g/mol. The second-order valence-electron chi connectivity index (χ2n) is 8.15. The Labute approximate surface area is 203 Å². The highest BCUT2D eigenvalue weighted by Gasteiger charge is 2.28. The Kier molecular flexibility index (Phi) is 9.00. The largest absolute Gasteiger partial charge is 0.496 e. The van der Waals surface area contributed by atoms with E-state index in [1.807, 2.05) is 24.3 Å². The lowest BCUT2D eigenvalue weighted by Crippen LogP contribution is -2.50. The highest BCUT2D eigenvalue weighted by atomic mass is 79.9. The Morgan fingerprint density at radius 1 is 1.03 bits per heavy atom. The predicted molar refractivity (Wildman–Crippen MR) is 130 cm³/mol. The summed E-state index contributed by atoms with van der Waals surface area (Å²) < 4.78 is 17.2. The van der Waals surface area contributed by atoms with Gasteiger partial charge in [-0.05, 0) is 37.5 Å². The molecule has 0 bridgehead atoms. The fraction of sp³-hybridized carbons (Fsp3) is 0.440. The molecule has 178 valence electrons. The molecule has 1 N–H and O–H groups in total. The number of hydrogen-bond acceptors (Lipinski definition) is 5. The molecule has 0 unspecified atom stereocenters. The Bertz CT molecular complexity index is 922. The molecule has 0 aromatic heterocycles. The van der Waals surface area contributed by atoms with E-state index >= 15 is 0 Å². The molecule has 1 saturated carbocycles. The highest BCUT2D eigenvalue weighted by molar-refractivity contribution is 9.10. The summed E-state index contributed by atoms with van der Waals surface area (Å²) >= 11 is 3.43. The molecule has 2 amide bonds. The fourth-order valence-electron chi connectivity index (χ4n) is 3.85. The van der Waals surface area contributed by atoms with Crippen molar-refractivity contribution in [2.24, 2.45) is 0 Å². The minimum absolute atomic E-state index is 0.143. The molecule has 2 aromatic carbocycles. The SMILES string of the molecule is COc1cc(OC)cc(OCC(=O)N(Cc2ccc(Br)cc2)[C@H](C)C(=O)NC2CCCC2)c1. The van der Waals surface area contributed by atoms with Crippen LogP contribution in [0.3, 0.4) is 0 Å². The van der Waals surface area contributed by atoms with Crippen molar-refractivity contribution in [3.05, 3.63) is 52.5 Å². The molecule has 0 saturated heterocycles. The first kappa shape index (κ1) is 24.9. The van der Waals surface area contributed by atoms with Crippen LogP contribution in [0.25, 0.3) is 0 Å². The Balaban J connectivity index is 1.73. The topological polar surface area (TPSA) is 77.1 Å². The summed E-state index contributed by atoms with van der Waals surface area (Å²) in [4.78, 5) is 27.7. The number of carbonyl (C=O) groups is 2. The number of methoxy groups -OCH3 is 2. The number of nitrogens with zero attached hydrogens (tertiary/aromatic N) is 1. The van der Waals surface area contributed by atoms with E-state index in [0.29, 0.717) is 23.8 Å². The van der Waals surface area contributed by atoms with Gasteiger partial charge in [0.25, 0.3) is 5.91 Å². The van der Waals surface area contributed by atoms with Gasteiger partial charge in [0, 0.05) is 35.3 Å². The number of hydrogen-bond donors (Lipinski definition) is 1. The predicted octanol–water partition coefficient (Wildman–Crippen LogP) is 4.32. The standard InChI is InChI=1S/C25H31BrN2O5/c1-17(25(30)27-20-6-4-5-7-20)28(15-18-8-10-19(26)11-9-18)24(29)16-33-23-13-21(31-2)12-22(14-23)32-3/h8-14,17,20H,4-7,15-16H2,1-3H3,(H,27,30)/t17-/m1/s1. The minimum Gasteiger partial charge on any atom is -0.496 e. The number of ether oxygens (including phenoxy) is 3. The minimum atomic E-state index is -0.634. The summed E-state index contributed by atoms with van der Waals surface area (Å²) in [7, 11) is 3.10. The average molecular weight is 519 g/mol. The molecule has 33 heavy (non-hydrogen) atoms. The summed E-state index contributed by atoms with van der Waals surface area (Å²) in [6, 6.07) is 12.3. The zero-order chi connectivity index (χ0) is 23.8. The zero-order valence-electron chi connectivity index (χ0n) is 19.3. The quantitative estimate of drug-likeness (QED) is 0.506. The van der Waals surface area contributed by atoms with Crippen molar-refractivity contribution in [1.29, 1.82) is 0 Å². The molecule has 1 aliphatic rings. The smallest absolute Gasteiger partial charge is 0.261 e. The van der Waals surface area contributed by atoms with Crippen LogP contribution in [0, 0.1) is 0 Å². The number of halogens is 1. The lowest BCUT2D eigenvalue weighted by Gasteiger charge is -2.29. The lowest BCUT2D eigenvalue weighted by atomic mass is 10.1. The second kappa shape index (κ2) is 11.9. The van der Waals surface area contributed by atoms with Crippen molar-refractivity contribution >= 4 is 27.7 Å². The van der Waals surface area contributed by atoms with Crippen LogP contribution in [0.2, 0.25) is 0 Å². The molecule has 0 radical (unpaired) electrons. The first-order valence-corrected chi connectivity index (χ1v) is 11.9. The van der Waals surface area contributed by atoms with E-state index in [1.165, 1.54) is 0 Å². The van der Waals surface area contributed by atoms with Crippen molar-refractivity contribution < 1.29 is 23.8 Å². The third kappa shape index (κ3) is 7.12. The molecule has 2 aromatic rings. The van der Waals surface area contributed by atoms with E-state index in [0.717, 1.165) is 35.7 Å². The van der Waals surface area contributed by atoms with Crippen molar-refractivity contribution in [2.75, 3.05) is 20.8 Å². The zero-order valence-corrected chi connectivity index (χ0v) is 20.9. The maximum atomic E-state index is 13.2. The van der Waals surface area contributed by atoms with Crippen molar-refractivity contribution in [3.8, 4) is 17.2 Å². The van der Waals surface area contributed by atoms with Gasteiger partial charge in [-0.1, -0.05) is 40.9 Å². The molecule has 0 aliphatic heterocycles. The Hall–Kier alpha value is -2.74. The van der Waals surface area contributed by atoms with Crippen LogP contribution in [-0.4, -0.2) is 49.6 Å². The van der Waals surface area contributed by atoms with Gasteiger partial charge in [0.05, 0.1) is 14.2 Å². The van der Waals surface area contributed by atoms with Gasteiger partial charge < -0.3 is 24.4 Å². The normalized spacial score (nSPS) is 14.4. The van der Waals surface area contributed by atoms with Crippen LogP contribution < -0.4 is 19.5 Å². The van der Waals surface area contributed by atoms with Gasteiger partial charge in [-0.2, -0.15) is 0 Å². The van der Waals surface area contributed by atoms with Gasteiger partial charge in [-0.3, -0.25) is 9.59 Å². The van der Waals surface area contributed by atoms with Crippen molar-refractivity contribution in [2.45, 2.75) is 51.2 Å². The molecule has 1 fully saturated rings. The maximum Gasteiger partial charge on any atom is 0.261 e. The molecule has 7 nitrogen and oxygen atoms in total. The third-order valence-electron chi connectivity index (χ3n) is 5.82. The maximum absolute atomic E-state index is 13.2. The molecular formula is C25H31BrN2O5. The van der Waals surface area contributed by atoms with Gasteiger partial charge >= 0.3 is 0 Å². The van der Waals surface area contributed by atoms with Gasteiger partial charge in [0.2, 0.25) is 5.91 Å². The van der Waals surface area contributed by atoms with E-state index in [1.54, 1.807) is 44.2 Å². The van der Waals surface area contributed by atoms with Gasteiger partial charge in [-0.15, -0.1) is 0 Å². The van der Waals surface area contributed by atoms with Crippen molar-refractivity contribution in [3.63, 3.8) is 0 Å². The van der Waals surface area contributed by atoms with E-state index in [-0.39, 0.29) is 24.5 Å². The van der Waals surface area contributed by atoms with E-state index in [9.17, 15) is 9.59 Å². The van der Waals surface area contributed by atoms with Gasteiger partial charge in [0.1, 0.15) is 23.3 Å². The van der Waals surface area contributed by atoms with Crippen LogP contribution in [-0.2, 0) is 16.1 Å². The number of rotatable bonds is 10.